The number of hydrogen-bond donors (Lipinski definition) is 1. The van der Waals surface area contributed by atoms with Crippen molar-refractivity contribution < 1.29 is 0 Å². The second kappa shape index (κ2) is 4.95. The Balaban J connectivity index is 2.32. The van der Waals surface area contributed by atoms with Gasteiger partial charge in [-0.2, -0.15) is 0 Å². The first-order valence-corrected chi connectivity index (χ1v) is 7.39. The van der Waals surface area contributed by atoms with E-state index in [4.69, 9.17) is 28.9 Å². The van der Waals surface area contributed by atoms with E-state index in [-0.39, 0.29) is 0 Å². The maximum Gasteiger partial charge on any atom is 0.143 e. The number of nitrogen functional groups attached to an aromatic ring is 1. The number of aromatic nitrogens is 2. The van der Waals surface area contributed by atoms with Crippen LogP contribution in [0.5, 0.6) is 0 Å². The highest BCUT2D eigenvalue weighted by atomic mass is 79.9. The number of fused-ring (bicyclic) bond motifs is 1. The van der Waals surface area contributed by atoms with Gasteiger partial charge in [-0.1, -0.05) is 39.1 Å². The molecule has 0 unspecified atom stereocenters. The van der Waals surface area contributed by atoms with Crippen LogP contribution >= 0.6 is 39.1 Å². The Morgan fingerprint density at radius 3 is 2.70 bits per heavy atom. The molecular weight excluding hydrogens is 361 g/mol. The number of nitrogens with two attached hydrogens (primary N) is 1. The molecule has 0 saturated carbocycles. The maximum absolute atomic E-state index is 6.09. The fourth-order valence-electron chi connectivity index (χ4n) is 2.18. The number of benzene rings is 2. The van der Waals surface area contributed by atoms with E-state index in [1.54, 1.807) is 12.1 Å². The van der Waals surface area contributed by atoms with Gasteiger partial charge < -0.3 is 10.3 Å². The minimum absolute atomic E-state index is 0.431. The van der Waals surface area contributed by atoms with Crippen LogP contribution in [0.2, 0.25) is 10.0 Å². The average Bonchev–Trinajstić information content (AvgIpc) is 2.70. The zero-order valence-electron chi connectivity index (χ0n) is 10.5. The molecule has 0 fully saturated rings. The number of hydrogen-bond acceptors (Lipinski definition) is 2. The van der Waals surface area contributed by atoms with Crippen molar-refractivity contribution in [3.8, 4) is 11.4 Å². The van der Waals surface area contributed by atoms with Crippen molar-refractivity contribution >= 4 is 55.9 Å². The van der Waals surface area contributed by atoms with E-state index in [9.17, 15) is 0 Å². The van der Waals surface area contributed by atoms with Gasteiger partial charge in [0.1, 0.15) is 5.82 Å². The molecule has 0 aliphatic heterocycles. The molecule has 0 aliphatic carbocycles. The Morgan fingerprint density at radius 2 is 1.95 bits per heavy atom. The number of aryl methyl sites for hydroxylation is 1. The van der Waals surface area contributed by atoms with Crippen molar-refractivity contribution in [1.29, 1.82) is 0 Å². The summed E-state index contributed by atoms with van der Waals surface area (Å²) < 4.78 is 2.95. The molecular formula is C14H10BrCl2N3. The summed E-state index contributed by atoms with van der Waals surface area (Å²) in [4.78, 5) is 4.62. The van der Waals surface area contributed by atoms with Crippen LogP contribution < -0.4 is 5.73 Å². The molecule has 2 aromatic carbocycles. The second-order valence-corrected chi connectivity index (χ2v) is 6.24. The molecule has 3 nitrogen and oxygen atoms in total. The third-order valence-corrected chi connectivity index (χ3v) is 4.20. The van der Waals surface area contributed by atoms with Crippen LogP contribution in [0.15, 0.2) is 34.8 Å². The molecule has 1 aromatic heterocycles. The number of rotatable bonds is 1. The summed E-state index contributed by atoms with van der Waals surface area (Å²) in [7, 11) is 1.94. The summed E-state index contributed by atoms with van der Waals surface area (Å²) in [5.74, 6) is 0.736. The van der Waals surface area contributed by atoms with Crippen LogP contribution in [0.3, 0.4) is 0 Å². The molecule has 0 bridgehead atoms. The van der Waals surface area contributed by atoms with Crippen LogP contribution in [0.1, 0.15) is 0 Å². The van der Waals surface area contributed by atoms with E-state index in [1.165, 1.54) is 0 Å². The van der Waals surface area contributed by atoms with Crippen molar-refractivity contribution in [2.75, 3.05) is 5.73 Å². The molecule has 20 heavy (non-hydrogen) atoms. The topological polar surface area (TPSA) is 43.8 Å². The zero-order chi connectivity index (χ0) is 14.4. The van der Waals surface area contributed by atoms with Gasteiger partial charge in [0.05, 0.1) is 21.7 Å². The van der Waals surface area contributed by atoms with E-state index in [1.807, 2.05) is 29.8 Å². The number of halogens is 3. The first kappa shape index (κ1) is 13.7. The minimum atomic E-state index is 0.431. The fourth-order valence-corrected chi connectivity index (χ4v) is 3.03. The van der Waals surface area contributed by atoms with Crippen molar-refractivity contribution in [1.82, 2.24) is 9.55 Å². The molecule has 3 rings (SSSR count). The van der Waals surface area contributed by atoms with Crippen LogP contribution in [0.25, 0.3) is 22.4 Å². The van der Waals surface area contributed by atoms with E-state index < -0.39 is 0 Å². The highest BCUT2D eigenvalue weighted by Crippen LogP contribution is 2.35. The van der Waals surface area contributed by atoms with Crippen LogP contribution in [0.4, 0.5) is 5.69 Å². The van der Waals surface area contributed by atoms with Gasteiger partial charge in [-0.3, -0.25) is 0 Å². The van der Waals surface area contributed by atoms with Crippen molar-refractivity contribution in [3.63, 3.8) is 0 Å². The SMILES string of the molecule is Cn1c(-c2cc(Cl)cc(Cl)c2N)nc2cc(Br)ccc21. The van der Waals surface area contributed by atoms with Gasteiger partial charge in [0, 0.05) is 22.1 Å². The fraction of sp³-hybridized carbons (Fsp3) is 0.0714. The Bertz CT molecular complexity index is 827. The standard InChI is InChI=1S/C14H10BrCl2N3/c1-20-12-3-2-7(15)4-11(12)19-14(20)9-5-8(16)6-10(17)13(9)18/h2-6H,18H2,1H3. The summed E-state index contributed by atoms with van der Waals surface area (Å²) in [5, 5.41) is 0.966. The molecule has 6 heteroatoms. The smallest absolute Gasteiger partial charge is 0.143 e. The van der Waals surface area contributed by atoms with Gasteiger partial charge in [-0.15, -0.1) is 0 Å². The largest absolute Gasteiger partial charge is 0.397 e. The molecule has 0 radical (unpaired) electrons. The van der Waals surface area contributed by atoms with Crippen LogP contribution in [-0.4, -0.2) is 9.55 Å². The lowest BCUT2D eigenvalue weighted by Crippen LogP contribution is -1.97. The van der Waals surface area contributed by atoms with E-state index in [0.717, 1.165) is 26.9 Å². The lowest BCUT2D eigenvalue weighted by atomic mass is 10.1. The molecule has 3 aromatic rings. The van der Waals surface area contributed by atoms with Crippen LogP contribution in [0, 0.1) is 0 Å². The Labute approximate surface area is 134 Å². The van der Waals surface area contributed by atoms with Gasteiger partial charge in [0.2, 0.25) is 0 Å². The Kier molecular flexibility index (Phi) is 3.40. The van der Waals surface area contributed by atoms with Gasteiger partial charge >= 0.3 is 0 Å². The third kappa shape index (κ3) is 2.18. The molecule has 0 atom stereocenters. The minimum Gasteiger partial charge on any atom is -0.397 e. The average molecular weight is 371 g/mol. The quantitative estimate of drug-likeness (QED) is 0.619. The van der Waals surface area contributed by atoms with Gasteiger partial charge in [0.15, 0.2) is 0 Å². The molecule has 0 amide bonds. The van der Waals surface area contributed by atoms with Gasteiger partial charge in [-0.05, 0) is 30.3 Å². The molecule has 2 N–H and O–H groups in total. The normalized spacial score (nSPS) is 11.2. The molecule has 0 spiro atoms. The summed E-state index contributed by atoms with van der Waals surface area (Å²) in [6.45, 7) is 0. The first-order chi connectivity index (χ1) is 9.47. The van der Waals surface area contributed by atoms with Gasteiger partial charge in [-0.25, -0.2) is 4.98 Å². The third-order valence-electron chi connectivity index (χ3n) is 3.18. The molecule has 0 aliphatic rings. The highest BCUT2D eigenvalue weighted by Gasteiger charge is 2.15. The Hall–Kier alpha value is -1.23. The summed E-state index contributed by atoms with van der Waals surface area (Å²) in [6, 6.07) is 9.34. The number of anilines is 1. The monoisotopic (exact) mass is 369 g/mol. The highest BCUT2D eigenvalue weighted by molar-refractivity contribution is 9.10. The number of nitrogens with zero attached hydrogens (tertiary/aromatic N) is 2. The Morgan fingerprint density at radius 1 is 1.20 bits per heavy atom. The first-order valence-electron chi connectivity index (χ1n) is 5.84. The lowest BCUT2D eigenvalue weighted by molar-refractivity contribution is 0.960. The van der Waals surface area contributed by atoms with Gasteiger partial charge in [0.25, 0.3) is 0 Å². The lowest BCUT2D eigenvalue weighted by Gasteiger charge is -2.08. The van der Waals surface area contributed by atoms with E-state index in [0.29, 0.717) is 15.7 Å². The van der Waals surface area contributed by atoms with Crippen molar-refractivity contribution in [2.45, 2.75) is 0 Å². The predicted octanol–water partition coefficient (Wildman–Crippen LogP) is 4.89. The molecule has 102 valence electrons. The van der Waals surface area contributed by atoms with Crippen molar-refractivity contribution in [3.05, 3.63) is 44.8 Å². The summed E-state index contributed by atoms with van der Waals surface area (Å²) in [5.41, 5.74) is 9.16. The zero-order valence-corrected chi connectivity index (χ0v) is 13.6. The molecule has 0 saturated heterocycles. The van der Waals surface area contributed by atoms with E-state index >= 15 is 0 Å². The second-order valence-electron chi connectivity index (χ2n) is 4.48. The number of imidazole rings is 1. The van der Waals surface area contributed by atoms with Crippen molar-refractivity contribution in [2.24, 2.45) is 7.05 Å². The van der Waals surface area contributed by atoms with Crippen LogP contribution in [-0.2, 0) is 7.05 Å². The summed E-state index contributed by atoms with van der Waals surface area (Å²) >= 11 is 15.6. The predicted molar refractivity (Wildman–Crippen MR) is 88.3 cm³/mol. The maximum atomic E-state index is 6.09. The van der Waals surface area contributed by atoms with E-state index in [2.05, 4.69) is 20.9 Å². The summed E-state index contributed by atoms with van der Waals surface area (Å²) in [6.07, 6.45) is 0. The molecule has 1 heterocycles.